The summed E-state index contributed by atoms with van der Waals surface area (Å²) in [5.74, 6) is 0. The number of hydrogen-bond donors (Lipinski definition) is 0. The Balaban J connectivity index is 2.79. The van der Waals surface area contributed by atoms with E-state index in [0.717, 1.165) is 12.8 Å². The first-order chi connectivity index (χ1) is 11.1. The fourth-order valence-electron chi connectivity index (χ4n) is 2.55. The van der Waals surface area contributed by atoms with E-state index < -0.39 is 19.8 Å². The van der Waals surface area contributed by atoms with Gasteiger partial charge in [-0.3, -0.25) is 10.1 Å². The second kappa shape index (κ2) is 9.17. The van der Waals surface area contributed by atoms with Crippen LogP contribution in [0.1, 0.15) is 33.6 Å². The lowest BCUT2D eigenvalue weighted by Crippen LogP contribution is -2.47. The van der Waals surface area contributed by atoms with Crippen molar-refractivity contribution < 1.29 is 14.1 Å². The summed E-state index contributed by atoms with van der Waals surface area (Å²) in [6.45, 7) is 11.1. The van der Waals surface area contributed by atoms with Gasteiger partial charge >= 0.3 is 0 Å². The molecule has 0 fully saturated rings. The van der Waals surface area contributed by atoms with E-state index in [4.69, 9.17) is 9.16 Å². The lowest BCUT2D eigenvalue weighted by molar-refractivity contribution is -0.514. The molecule has 0 saturated heterocycles. The van der Waals surface area contributed by atoms with Crippen LogP contribution in [0.2, 0.25) is 13.1 Å². The summed E-state index contributed by atoms with van der Waals surface area (Å²) in [4.78, 5) is 11.2. The average molecular weight is 374 g/mol. The Hall–Kier alpha value is -0.633. The molecule has 138 valence electrons. The lowest BCUT2D eigenvalue weighted by atomic mass is 9.90. The lowest BCUT2D eigenvalue weighted by Gasteiger charge is -2.33. The Morgan fingerprint density at radius 1 is 1.38 bits per heavy atom. The second-order valence-electron chi connectivity index (χ2n) is 7.66. The zero-order valence-corrected chi connectivity index (χ0v) is 17.6. The predicted octanol–water partition coefficient (Wildman–Crippen LogP) is 4.03. The second-order valence-corrected chi connectivity index (χ2v) is 11.2. The Morgan fingerprint density at radius 2 is 2.04 bits per heavy atom. The Labute approximate surface area is 151 Å². The van der Waals surface area contributed by atoms with Crippen molar-refractivity contribution in [1.29, 1.82) is 0 Å². The molecule has 0 aromatic rings. The van der Waals surface area contributed by atoms with Gasteiger partial charge in [-0.05, 0) is 43.7 Å². The van der Waals surface area contributed by atoms with Crippen LogP contribution in [0, 0.1) is 15.5 Å². The van der Waals surface area contributed by atoms with Gasteiger partial charge in [-0.2, -0.15) is 0 Å². The van der Waals surface area contributed by atoms with Gasteiger partial charge in [0.05, 0.1) is 6.61 Å². The fourth-order valence-corrected chi connectivity index (χ4v) is 4.18. The van der Waals surface area contributed by atoms with Crippen LogP contribution in [0.5, 0.6) is 0 Å². The van der Waals surface area contributed by atoms with Crippen LogP contribution in [-0.4, -0.2) is 43.9 Å². The van der Waals surface area contributed by atoms with Crippen LogP contribution in [0.15, 0.2) is 24.3 Å². The minimum Gasteiger partial charge on any atom is -0.396 e. The molecule has 0 aliphatic heterocycles. The van der Waals surface area contributed by atoms with E-state index in [9.17, 15) is 10.1 Å². The Kier molecular flexibility index (Phi) is 8.18. The van der Waals surface area contributed by atoms with E-state index in [1.807, 2.05) is 18.4 Å². The monoisotopic (exact) mass is 373 g/mol. The summed E-state index contributed by atoms with van der Waals surface area (Å²) in [6.07, 6.45) is 10.5. The van der Waals surface area contributed by atoms with E-state index in [0.29, 0.717) is 0 Å². The molecule has 0 aromatic heterocycles. The molecule has 24 heavy (non-hydrogen) atoms. The number of nitro groups is 1. The topological polar surface area (TPSA) is 61.6 Å². The number of thioether (sulfide) groups is 1. The molecular formula is C17H31NO4SSi. The molecule has 0 radical (unpaired) electrons. The molecule has 0 bridgehead atoms. The highest BCUT2D eigenvalue weighted by atomic mass is 32.2. The maximum atomic E-state index is 11.4. The molecule has 7 heteroatoms. The normalized spacial score (nSPS) is 25.2. The minimum absolute atomic E-state index is 0.206. The molecule has 0 amide bonds. The molecule has 3 unspecified atom stereocenters. The van der Waals surface area contributed by atoms with E-state index in [2.05, 4.69) is 33.9 Å². The molecule has 1 aliphatic carbocycles. The van der Waals surface area contributed by atoms with Crippen LogP contribution < -0.4 is 0 Å². The first-order valence-corrected chi connectivity index (χ1v) is 12.4. The maximum Gasteiger partial charge on any atom is 0.251 e. The van der Waals surface area contributed by atoms with Crippen molar-refractivity contribution in [2.24, 2.45) is 5.41 Å². The fraction of sp³-hybridized carbons (Fsp3) is 0.765. The van der Waals surface area contributed by atoms with Crippen molar-refractivity contribution in [2.45, 2.75) is 63.8 Å². The van der Waals surface area contributed by atoms with Gasteiger partial charge in [-0.25, -0.2) is 0 Å². The third-order valence-corrected chi connectivity index (χ3v) is 6.04. The average Bonchev–Trinajstić information content (AvgIpc) is 2.48. The number of ether oxygens (including phenoxy) is 1. The van der Waals surface area contributed by atoms with Crippen molar-refractivity contribution in [3.05, 3.63) is 34.4 Å². The molecule has 5 nitrogen and oxygen atoms in total. The molecular weight excluding hydrogens is 342 g/mol. The van der Waals surface area contributed by atoms with E-state index in [-0.39, 0.29) is 23.2 Å². The van der Waals surface area contributed by atoms with E-state index >= 15 is 0 Å². The quantitative estimate of drug-likeness (QED) is 0.264. The highest BCUT2D eigenvalue weighted by Crippen LogP contribution is 2.35. The zero-order valence-electron chi connectivity index (χ0n) is 15.7. The van der Waals surface area contributed by atoms with Crippen molar-refractivity contribution in [2.75, 3.05) is 12.9 Å². The smallest absolute Gasteiger partial charge is 0.251 e. The van der Waals surface area contributed by atoms with Crippen molar-refractivity contribution >= 4 is 20.8 Å². The first-order valence-electron chi connectivity index (χ1n) is 8.41. The van der Waals surface area contributed by atoms with Gasteiger partial charge in [0.1, 0.15) is 11.0 Å². The van der Waals surface area contributed by atoms with Crippen LogP contribution in [0.3, 0.4) is 0 Å². The largest absolute Gasteiger partial charge is 0.396 e. The summed E-state index contributed by atoms with van der Waals surface area (Å²) in [5, 5.41) is 11.4. The summed E-state index contributed by atoms with van der Waals surface area (Å²) >= 11 is 1.47. The van der Waals surface area contributed by atoms with Crippen molar-refractivity contribution in [1.82, 2.24) is 0 Å². The molecule has 0 saturated carbocycles. The third-order valence-electron chi connectivity index (χ3n) is 3.94. The molecule has 0 N–H and O–H groups in total. The van der Waals surface area contributed by atoms with Gasteiger partial charge in [-0.15, -0.1) is 11.8 Å². The van der Waals surface area contributed by atoms with Crippen LogP contribution in [-0.2, 0) is 9.16 Å². The minimum atomic E-state index is -1.25. The summed E-state index contributed by atoms with van der Waals surface area (Å²) in [7, 11) is -1.25. The first kappa shape index (κ1) is 21.4. The van der Waals surface area contributed by atoms with Crippen molar-refractivity contribution in [3.63, 3.8) is 0 Å². The van der Waals surface area contributed by atoms with Crippen LogP contribution in [0.4, 0.5) is 0 Å². The van der Waals surface area contributed by atoms with Gasteiger partial charge in [-0.1, -0.05) is 39.0 Å². The summed E-state index contributed by atoms with van der Waals surface area (Å²) in [5.41, 5.74) is 0.206. The summed E-state index contributed by atoms with van der Waals surface area (Å²) < 4.78 is 11.4. The van der Waals surface area contributed by atoms with Gasteiger partial charge in [0.25, 0.3) is 6.04 Å². The van der Waals surface area contributed by atoms with E-state index in [1.165, 1.54) is 11.8 Å². The van der Waals surface area contributed by atoms with Gasteiger partial charge in [0.15, 0.2) is 9.04 Å². The third kappa shape index (κ3) is 6.70. The van der Waals surface area contributed by atoms with Gasteiger partial charge in [0, 0.05) is 4.92 Å². The number of nitrogens with zero attached hydrogens (tertiary/aromatic N) is 1. The Morgan fingerprint density at radius 3 is 2.54 bits per heavy atom. The molecule has 0 spiro atoms. The highest BCUT2D eigenvalue weighted by molar-refractivity contribution is 8.00. The summed E-state index contributed by atoms with van der Waals surface area (Å²) in [6, 6.07) is -0.780. The standard InChI is InChI=1S/C17H31NO4SSi/c1-16(2,3)12-10-15(22-24(5)6)21-13-17(23-4)11-8-7-9-14(17)18(19)20/h7-9,11,14-15,24H,10,12-13H2,1-6H3. The molecule has 1 aliphatic rings. The van der Waals surface area contributed by atoms with Gasteiger partial charge in [0.2, 0.25) is 0 Å². The number of rotatable bonds is 9. The van der Waals surface area contributed by atoms with Crippen molar-refractivity contribution in [3.8, 4) is 0 Å². The maximum absolute atomic E-state index is 11.4. The predicted molar refractivity (Wildman–Crippen MR) is 104 cm³/mol. The van der Waals surface area contributed by atoms with Crippen LogP contribution in [0.25, 0.3) is 0 Å². The van der Waals surface area contributed by atoms with Gasteiger partial charge < -0.3 is 9.16 Å². The molecule has 0 aromatic carbocycles. The van der Waals surface area contributed by atoms with E-state index in [1.54, 1.807) is 12.2 Å². The number of allylic oxidation sites excluding steroid dienone is 2. The SMILES string of the molecule is CSC1(COC(CCC(C)(C)C)O[SiH](C)C)C=CC=CC1[N+](=O)[O-]. The molecule has 0 heterocycles. The number of hydrogen-bond acceptors (Lipinski definition) is 5. The molecule has 3 atom stereocenters. The Bertz CT molecular complexity index is 476. The van der Waals surface area contributed by atoms with Crippen LogP contribution >= 0.6 is 11.8 Å². The highest BCUT2D eigenvalue weighted by Gasteiger charge is 2.45. The zero-order chi connectivity index (χ0) is 18.4. The molecule has 1 rings (SSSR count).